The van der Waals surface area contributed by atoms with Crippen molar-refractivity contribution in [3.05, 3.63) is 60.2 Å². The first-order valence-corrected chi connectivity index (χ1v) is 9.08. The first kappa shape index (κ1) is 21.0. The van der Waals surface area contributed by atoms with Crippen LogP contribution in [0.4, 0.5) is 0 Å². The number of hydrogen-bond acceptors (Lipinski definition) is 5. The highest BCUT2D eigenvalue weighted by Crippen LogP contribution is 2.25. The van der Waals surface area contributed by atoms with Gasteiger partial charge in [0.25, 0.3) is 5.91 Å². The molecular weight excluding hydrogens is 360 g/mol. The van der Waals surface area contributed by atoms with Crippen molar-refractivity contribution in [3.8, 4) is 11.5 Å². The highest BCUT2D eigenvalue weighted by atomic mass is 16.5. The maximum absolute atomic E-state index is 12.4. The predicted octanol–water partition coefficient (Wildman–Crippen LogP) is 2.62. The predicted molar refractivity (Wildman–Crippen MR) is 104 cm³/mol. The number of likely N-dealkylation sites (N-methyl/N-ethyl adjacent to an activating group) is 2. The SMILES string of the molecule is CCNC(=O)CN(CC)C(=O)COC(=O)c1ccccc1Oc1ccccc1. The zero-order valence-electron chi connectivity index (χ0n) is 16.0. The molecular formula is C21H24N2O5. The Labute approximate surface area is 164 Å². The smallest absolute Gasteiger partial charge is 0.342 e. The first-order valence-electron chi connectivity index (χ1n) is 9.08. The van der Waals surface area contributed by atoms with Gasteiger partial charge in [0.05, 0.1) is 6.54 Å². The van der Waals surface area contributed by atoms with E-state index in [-0.39, 0.29) is 18.0 Å². The van der Waals surface area contributed by atoms with E-state index >= 15 is 0 Å². The number of ether oxygens (including phenoxy) is 2. The van der Waals surface area contributed by atoms with Gasteiger partial charge in [0.2, 0.25) is 5.91 Å². The Morgan fingerprint density at radius 1 is 0.964 bits per heavy atom. The molecule has 0 aliphatic rings. The van der Waals surface area contributed by atoms with Crippen molar-refractivity contribution in [1.29, 1.82) is 0 Å². The van der Waals surface area contributed by atoms with Crippen LogP contribution in [0, 0.1) is 0 Å². The lowest BCUT2D eigenvalue weighted by molar-refractivity contribution is -0.138. The van der Waals surface area contributed by atoms with Gasteiger partial charge in [-0.3, -0.25) is 9.59 Å². The number of nitrogens with zero attached hydrogens (tertiary/aromatic N) is 1. The van der Waals surface area contributed by atoms with Crippen LogP contribution < -0.4 is 10.1 Å². The molecule has 0 aromatic heterocycles. The average Bonchev–Trinajstić information content (AvgIpc) is 2.71. The van der Waals surface area contributed by atoms with E-state index in [4.69, 9.17) is 9.47 Å². The van der Waals surface area contributed by atoms with Crippen LogP contribution >= 0.6 is 0 Å². The van der Waals surface area contributed by atoms with Crippen molar-refractivity contribution in [2.24, 2.45) is 0 Å². The summed E-state index contributed by atoms with van der Waals surface area (Å²) in [6.45, 7) is 3.84. The molecule has 2 aromatic carbocycles. The van der Waals surface area contributed by atoms with Gasteiger partial charge in [-0.15, -0.1) is 0 Å². The number of nitrogens with one attached hydrogen (secondary N) is 1. The van der Waals surface area contributed by atoms with Gasteiger partial charge in [-0.2, -0.15) is 0 Å². The van der Waals surface area contributed by atoms with Crippen LogP contribution in [-0.4, -0.2) is 48.9 Å². The number of hydrogen-bond donors (Lipinski definition) is 1. The number of carbonyl (C=O) groups is 3. The van der Waals surface area contributed by atoms with Crippen LogP contribution in [0.25, 0.3) is 0 Å². The van der Waals surface area contributed by atoms with Gasteiger partial charge in [-0.25, -0.2) is 4.79 Å². The molecule has 148 valence electrons. The van der Waals surface area contributed by atoms with E-state index < -0.39 is 18.5 Å². The summed E-state index contributed by atoms with van der Waals surface area (Å²) in [5.41, 5.74) is 0.214. The maximum atomic E-state index is 12.4. The second kappa shape index (κ2) is 10.7. The van der Waals surface area contributed by atoms with E-state index in [1.165, 1.54) is 4.90 Å². The molecule has 1 N–H and O–H groups in total. The summed E-state index contributed by atoms with van der Waals surface area (Å²) < 4.78 is 10.9. The molecule has 0 aliphatic heterocycles. The van der Waals surface area contributed by atoms with Crippen molar-refractivity contribution in [3.63, 3.8) is 0 Å². The largest absolute Gasteiger partial charge is 0.456 e. The summed E-state index contributed by atoms with van der Waals surface area (Å²) in [6.07, 6.45) is 0. The molecule has 7 heteroatoms. The third-order valence-corrected chi connectivity index (χ3v) is 3.85. The molecule has 28 heavy (non-hydrogen) atoms. The summed E-state index contributed by atoms with van der Waals surface area (Å²) in [4.78, 5) is 37.7. The number of para-hydroxylation sites is 2. The van der Waals surface area contributed by atoms with E-state index in [0.717, 1.165) is 0 Å². The Balaban J connectivity index is 1.99. The molecule has 0 atom stereocenters. The zero-order chi connectivity index (χ0) is 20.4. The Morgan fingerprint density at radius 2 is 1.64 bits per heavy atom. The lowest BCUT2D eigenvalue weighted by Gasteiger charge is -2.20. The molecule has 0 spiro atoms. The Hall–Kier alpha value is -3.35. The summed E-state index contributed by atoms with van der Waals surface area (Å²) in [5.74, 6) is -0.457. The van der Waals surface area contributed by atoms with Crippen LogP contribution in [-0.2, 0) is 14.3 Å². The second-order valence-electron chi connectivity index (χ2n) is 5.85. The minimum absolute atomic E-state index is 0.0750. The minimum atomic E-state index is -0.672. The van der Waals surface area contributed by atoms with Crippen LogP contribution in [0.15, 0.2) is 54.6 Å². The Kier molecular flexibility index (Phi) is 8.02. The van der Waals surface area contributed by atoms with Crippen LogP contribution in [0.1, 0.15) is 24.2 Å². The number of amides is 2. The van der Waals surface area contributed by atoms with Crippen LogP contribution in [0.3, 0.4) is 0 Å². The quantitative estimate of drug-likeness (QED) is 0.672. The summed E-state index contributed by atoms with van der Waals surface area (Å²) in [5, 5.41) is 2.63. The lowest BCUT2D eigenvalue weighted by Crippen LogP contribution is -2.42. The highest BCUT2D eigenvalue weighted by molar-refractivity contribution is 5.94. The lowest BCUT2D eigenvalue weighted by atomic mass is 10.2. The third-order valence-electron chi connectivity index (χ3n) is 3.85. The molecule has 0 heterocycles. The summed E-state index contributed by atoms with van der Waals surface area (Å²) >= 11 is 0. The Morgan fingerprint density at radius 3 is 2.32 bits per heavy atom. The summed E-state index contributed by atoms with van der Waals surface area (Å²) in [6, 6.07) is 15.7. The molecule has 0 bridgehead atoms. The maximum Gasteiger partial charge on any atom is 0.342 e. The van der Waals surface area contributed by atoms with Crippen LogP contribution in [0.5, 0.6) is 11.5 Å². The number of esters is 1. The molecule has 0 radical (unpaired) electrons. The van der Waals surface area contributed by atoms with Crippen molar-refractivity contribution in [2.45, 2.75) is 13.8 Å². The fraction of sp³-hybridized carbons (Fsp3) is 0.286. The number of rotatable bonds is 9. The number of benzene rings is 2. The van der Waals surface area contributed by atoms with E-state index in [1.807, 2.05) is 18.2 Å². The van der Waals surface area contributed by atoms with Gasteiger partial charge in [0.1, 0.15) is 17.1 Å². The number of carbonyl (C=O) groups excluding carboxylic acids is 3. The van der Waals surface area contributed by atoms with Crippen molar-refractivity contribution < 1.29 is 23.9 Å². The normalized spacial score (nSPS) is 10.1. The van der Waals surface area contributed by atoms with E-state index in [9.17, 15) is 14.4 Å². The molecule has 2 rings (SSSR count). The monoisotopic (exact) mass is 384 g/mol. The summed E-state index contributed by atoms with van der Waals surface area (Å²) in [7, 11) is 0. The fourth-order valence-corrected chi connectivity index (χ4v) is 2.44. The molecule has 7 nitrogen and oxygen atoms in total. The minimum Gasteiger partial charge on any atom is -0.456 e. The fourth-order valence-electron chi connectivity index (χ4n) is 2.44. The van der Waals surface area contributed by atoms with Crippen molar-refractivity contribution >= 4 is 17.8 Å². The standard InChI is InChI=1S/C21H24N2O5/c1-3-22-19(24)14-23(4-2)20(25)15-27-21(26)17-12-8-9-13-18(17)28-16-10-6-5-7-11-16/h5-13H,3-4,14-15H2,1-2H3,(H,22,24). The molecule has 0 saturated heterocycles. The molecule has 2 amide bonds. The van der Waals surface area contributed by atoms with Crippen LogP contribution in [0.2, 0.25) is 0 Å². The highest BCUT2D eigenvalue weighted by Gasteiger charge is 2.19. The molecule has 0 fully saturated rings. The Bertz CT molecular complexity index is 807. The molecule has 0 unspecified atom stereocenters. The van der Waals surface area contributed by atoms with Gasteiger partial charge in [-0.1, -0.05) is 30.3 Å². The molecule has 2 aromatic rings. The molecule has 0 aliphatic carbocycles. The van der Waals surface area contributed by atoms with Gasteiger partial charge < -0.3 is 19.7 Å². The average molecular weight is 384 g/mol. The molecule has 0 saturated carbocycles. The van der Waals surface area contributed by atoms with Gasteiger partial charge in [0, 0.05) is 13.1 Å². The van der Waals surface area contributed by atoms with Gasteiger partial charge in [-0.05, 0) is 38.1 Å². The topological polar surface area (TPSA) is 84.9 Å². The third kappa shape index (κ3) is 6.12. The van der Waals surface area contributed by atoms with Crippen molar-refractivity contribution in [1.82, 2.24) is 10.2 Å². The van der Waals surface area contributed by atoms with E-state index in [0.29, 0.717) is 24.6 Å². The zero-order valence-corrected chi connectivity index (χ0v) is 16.0. The van der Waals surface area contributed by atoms with E-state index in [2.05, 4.69) is 5.32 Å². The first-order chi connectivity index (χ1) is 13.5. The second-order valence-corrected chi connectivity index (χ2v) is 5.85. The van der Waals surface area contributed by atoms with Crippen molar-refractivity contribution in [2.75, 3.05) is 26.2 Å². The van der Waals surface area contributed by atoms with Gasteiger partial charge >= 0.3 is 5.97 Å². The van der Waals surface area contributed by atoms with Gasteiger partial charge in [0.15, 0.2) is 6.61 Å². The van der Waals surface area contributed by atoms with E-state index in [1.54, 1.807) is 50.2 Å².